The average Bonchev–Trinajstić information content (AvgIpc) is 3.08. The maximum Gasteiger partial charge on any atom is 0.314 e. The summed E-state index contributed by atoms with van der Waals surface area (Å²) >= 11 is 3.33. The SMILES string of the molecule is O=C(NCCNC(=O)c1ccc(Br)cc1)NCCc1cn2c(n1)CCCC2. The van der Waals surface area contributed by atoms with E-state index in [4.69, 9.17) is 0 Å². The fourth-order valence-electron chi connectivity index (χ4n) is 3.01. The van der Waals surface area contributed by atoms with Crippen molar-refractivity contribution in [2.24, 2.45) is 0 Å². The molecule has 1 aliphatic rings. The number of nitrogens with one attached hydrogen (secondary N) is 3. The van der Waals surface area contributed by atoms with Gasteiger partial charge in [-0.3, -0.25) is 4.79 Å². The Labute approximate surface area is 167 Å². The quantitative estimate of drug-likeness (QED) is 0.585. The Hall–Kier alpha value is -2.35. The minimum Gasteiger partial charge on any atom is -0.350 e. The summed E-state index contributed by atoms with van der Waals surface area (Å²) in [6.45, 7) is 2.32. The molecule has 0 unspecified atom stereocenters. The number of carbonyl (C=O) groups is 2. The second-order valence-corrected chi connectivity index (χ2v) is 7.41. The van der Waals surface area contributed by atoms with Gasteiger partial charge in [0, 0.05) is 55.3 Å². The second-order valence-electron chi connectivity index (χ2n) is 6.49. The number of halogens is 1. The summed E-state index contributed by atoms with van der Waals surface area (Å²) in [5.41, 5.74) is 1.61. The highest BCUT2D eigenvalue weighted by atomic mass is 79.9. The highest BCUT2D eigenvalue weighted by Crippen LogP contribution is 2.14. The molecule has 2 aromatic rings. The Kier molecular flexibility index (Phi) is 6.86. The Morgan fingerprint density at radius 1 is 1.04 bits per heavy atom. The number of amides is 3. The predicted molar refractivity (Wildman–Crippen MR) is 107 cm³/mol. The van der Waals surface area contributed by atoms with Crippen LogP contribution in [0.15, 0.2) is 34.9 Å². The van der Waals surface area contributed by atoms with Crippen molar-refractivity contribution in [3.63, 3.8) is 0 Å². The Bertz CT molecular complexity index is 764. The summed E-state index contributed by atoms with van der Waals surface area (Å²) in [5, 5.41) is 8.33. The van der Waals surface area contributed by atoms with Gasteiger partial charge >= 0.3 is 6.03 Å². The molecule has 1 aromatic heterocycles. The Balaban J connectivity index is 1.29. The standard InChI is InChI=1S/C19H24BrN5O2/c20-15-6-4-14(5-7-15)18(26)21-10-11-23-19(27)22-9-8-16-13-25-12-2-1-3-17(25)24-16/h4-7,13H,1-3,8-12H2,(H,21,26)(H2,22,23,27). The summed E-state index contributed by atoms with van der Waals surface area (Å²) in [6.07, 6.45) is 6.26. The maximum atomic E-state index is 11.9. The number of urea groups is 1. The Morgan fingerprint density at radius 2 is 1.78 bits per heavy atom. The van der Waals surface area contributed by atoms with Crippen LogP contribution in [0.1, 0.15) is 34.7 Å². The lowest BCUT2D eigenvalue weighted by atomic mass is 10.2. The van der Waals surface area contributed by atoms with Gasteiger partial charge in [0.2, 0.25) is 0 Å². The lowest BCUT2D eigenvalue weighted by Gasteiger charge is -2.11. The van der Waals surface area contributed by atoms with E-state index in [0.717, 1.165) is 29.0 Å². The van der Waals surface area contributed by atoms with Crippen molar-refractivity contribution in [3.05, 3.63) is 52.0 Å². The van der Waals surface area contributed by atoms with Crippen molar-refractivity contribution in [2.75, 3.05) is 19.6 Å². The molecule has 8 heteroatoms. The number of nitrogens with zero attached hydrogens (tertiary/aromatic N) is 2. The number of hydrogen-bond donors (Lipinski definition) is 3. The Morgan fingerprint density at radius 3 is 2.56 bits per heavy atom. The zero-order chi connectivity index (χ0) is 19.1. The molecule has 1 aromatic carbocycles. The first-order valence-electron chi connectivity index (χ1n) is 9.22. The summed E-state index contributed by atoms with van der Waals surface area (Å²) in [7, 11) is 0. The van der Waals surface area contributed by atoms with Crippen LogP contribution in [0.5, 0.6) is 0 Å². The maximum absolute atomic E-state index is 11.9. The van der Waals surface area contributed by atoms with E-state index in [2.05, 4.69) is 47.6 Å². The molecular weight excluding hydrogens is 410 g/mol. The molecule has 0 fully saturated rings. The molecule has 2 heterocycles. The third-order valence-electron chi connectivity index (χ3n) is 4.43. The molecule has 0 aliphatic carbocycles. The van der Waals surface area contributed by atoms with Crippen LogP contribution in [-0.2, 0) is 19.4 Å². The van der Waals surface area contributed by atoms with Gasteiger partial charge in [0.15, 0.2) is 0 Å². The van der Waals surface area contributed by atoms with Crippen molar-refractivity contribution >= 4 is 27.9 Å². The van der Waals surface area contributed by atoms with Crippen molar-refractivity contribution in [1.29, 1.82) is 0 Å². The largest absolute Gasteiger partial charge is 0.350 e. The lowest BCUT2D eigenvalue weighted by molar-refractivity contribution is 0.0954. The molecule has 144 valence electrons. The van der Waals surface area contributed by atoms with Gasteiger partial charge in [0.25, 0.3) is 5.91 Å². The molecule has 1 aliphatic heterocycles. The molecule has 0 saturated heterocycles. The third kappa shape index (κ3) is 5.82. The van der Waals surface area contributed by atoms with Gasteiger partial charge in [-0.25, -0.2) is 9.78 Å². The van der Waals surface area contributed by atoms with Gasteiger partial charge < -0.3 is 20.5 Å². The van der Waals surface area contributed by atoms with E-state index >= 15 is 0 Å². The van der Waals surface area contributed by atoms with Gasteiger partial charge in [-0.05, 0) is 37.1 Å². The minimum atomic E-state index is -0.239. The summed E-state index contributed by atoms with van der Waals surface area (Å²) in [4.78, 5) is 28.4. The highest BCUT2D eigenvalue weighted by Gasteiger charge is 2.12. The van der Waals surface area contributed by atoms with E-state index in [1.165, 1.54) is 12.8 Å². The predicted octanol–water partition coefficient (Wildman–Crippen LogP) is 2.25. The number of fused-ring (bicyclic) bond motifs is 1. The lowest BCUT2D eigenvalue weighted by Crippen LogP contribution is -2.40. The number of hydrogen-bond acceptors (Lipinski definition) is 3. The van der Waals surface area contributed by atoms with Crippen LogP contribution in [0.4, 0.5) is 4.79 Å². The number of rotatable bonds is 7. The molecule has 0 atom stereocenters. The fraction of sp³-hybridized carbons (Fsp3) is 0.421. The topological polar surface area (TPSA) is 88.0 Å². The number of imidazole rings is 1. The zero-order valence-corrected chi connectivity index (χ0v) is 16.7. The van der Waals surface area contributed by atoms with E-state index in [1.807, 2.05) is 12.1 Å². The van der Waals surface area contributed by atoms with Crippen LogP contribution in [-0.4, -0.2) is 41.1 Å². The van der Waals surface area contributed by atoms with E-state index in [-0.39, 0.29) is 11.9 Å². The molecule has 0 radical (unpaired) electrons. The number of aromatic nitrogens is 2. The molecule has 3 N–H and O–H groups in total. The minimum absolute atomic E-state index is 0.159. The van der Waals surface area contributed by atoms with Gasteiger partial charge in [0.05, 0.1) is 5.69 Å². The van der Waals surface area contributed by atoms with Crippen LogP contribution >= 0.6 is 15.9 Å². The second kappa shape index (κ2) is 9.55. The van der Waals surface area contributed by atoms with Gasteiger partial charge in [-0.15, -0.1) is 0 Å². The normalized spacial score (nSPS) is 12.9. The van der Waals surface area contributed by atoms with E-state index < -0.39 is 0 Å². The third-order valence-corrected chi connectivity index (χ3v) is 4.96. The van der Waals surface area contributed by atoms with Crippen LogP contribution in [0.25, 0.3) is 0 Å². The summed E-state index contributed by atoms with van der Waals surface area (Å²) < 4.78 is 3.14. The van der Waals surface area contributed by atoms with Gasteiger partial charge in [0.1, 0.15) is 5.82 Å². The number of benzene rings is 1. The fourth-order valence-corrected chi connectivity index (χ4v) is 3.28. The van der Waals surface area contributed by atoms with Crippen LogP contribution in [0, 0.1) is 0 Å². The zero-order valence-electron chi connectivity index (χ0n) is 15.1. The summed E-state index contributed by atoms with van der Waals surface area (Å²) in [6, 6.07) is 6.88. The van der Waals surface area contributed by atoms with E-state index in [0.29, 0.717) is 31.6 Å². The summed E-state index contributed by atoms with van der Waals surface area (Å²) in [5.74, 6) is 0.996. The van der Waals surface area contributed by atoms with Crippen LogP contribution < -0.4 is 16.0 Å². The average molecular weight is 434 g/mol. The molecule has 0 bridgehead atoms. The molecule has 27 heavy (non-hydrogen) atoms. The van der Waals surface area contributed by atoms with E-state index in [1.54, 1.807) is 12.1 Å². The molecule has 3 rings (SSSR count). The van der Waals surface area contributed by atoms with Crippen LogP contribution in [0.2, 0.25) is 0 Å². The van der Waals surface area contributed by atoms with Crippen molar-refractivity contribution < 1.29 is 9.59 Å². The molecule has 0 saturated carbocycles. The molecular formula is C19H24BrN5O2. The van der Waals surface area contributed by atoms with E-state index in [9.17, 15) is 9.59 Å². The van der Waals surface area contributed by atoms with Gasteiger partial charge in [-0.2, -0.15) is 0 Å². The molecule has 7 nitrogen and oxygen atoms in total. The highest BCUT2D eigenvalue weighted by molar-refractivity contribution is 9.10. The smallest absolute Gasteiger partial charge is 0.314 e. The molecule has 0 spiro atoms. The van der Waals surface area contributed by atoms with Crippen molar-refractivity contribution in [2.45, 2.75) is 32.2 Å². The first kappa shape index (κ1) is 19.4. The van der Waals surface area contributed by atoms with Crippen molar-refractivity contribution in [1.82, 2.24) is 25.5 Å². The van der Waals surface area contributed by atoms with Crippen LogP contribution in [0.3, 0.4) is 0 Å². The number of aryl methyl sites for hydroxylation is 2. The number of carbonyl (C=O) groups excluding carboxylic acids is 2. The molecule has 3 amide bonds. The first-order chi connectivity index (χ1) is 13.1. The van der Waals surface area contributed by atoms with Crippen molar-refractivity contribution in [3.8, 4) is 0 Å². The van der Waals surface area contributed by atoms with Gasteiger partial charge in [-0.1, -0.05) is 15.9 Å². The first-order valence-corrected chi connectivity index (χ1v) is 10.0. The monoisotopic (exact) mass is 433 g/mol.